The van der Waals surface area contributed by atoms with Crippen LogP contribution in [0.5, 0.6) is 0 Å². The Hall–Kier alpha value is -2.37. The van der Waals surface area contributed by atoms with Crippen molar-refractivity contribution in [2.24, 2.45) is 0 Å². The molecule has 1 aliphatic rings. The van der Waals surface area contributed by atoms with Gasteiger partial charge < -0.3 is 15.2 Å². The number of rotatable bonds is 6. The molecule has 28 heavy (non-hydrogen) atoms. The maximum absolute atomic E-state index is 11.8. The lowest BCUT2D eigenvalue weighted by atomic mass is 9.85. The summed E-state index contributed by atoms with van der Waals surface area (Å²) in [6.45, 7) is 7.02. The van der Waals surface area contributed by atoms with Crippen LogP contribution in [-0.4, -0.2) is 46.9 Å². The molecule has 0 aromatic heterocycles. The molecule has 0 unspecified atom stereocenters. The molecular weight excluding hydrogens is 352 g/mol. The molecule has 0 bridgehead atoms. The minimum Gasteiger partial charge on any atom is -0.444 e. The first-order valence-corrected chi connectivity index (χ1v) is 9.79. The summed E-state index contributed by atoms with van der Waals surface area (Å²) in [5, 5.41) is 13.6. The van der Waals surface area contributed by atoms with E-state index in [1.54, 1.807) is 0 Å². The van der Waals surface area contributed by atoms with Crippen LogP contribution < -0.4 is 5.32 Å². The molecule has 2 aromatic carbocycles. The van der Waals surface area contributed by atoms with Crippen molar-refractivity contribution >= 4 is 6.09 Å². The summed E-state index contributed by atoms with van der Waals surface area (Å²) >= 11 is 0. The molecule has 2 aromatic rings. The van der Waals surface area contributed by atoms with Gasteiger partial charge >= 0.3 is 6.09 Å². The van der Waals surface area contributed by atoms with E-state index in [1.807, 2.05) is 57.2 Å². The maximum Gasteiger partial charge on any atom is 0.407 e. The summed E-state index contributed by atoms with van der Waals surface area (Å²) in [7, 11) is 0. The molecule has 0 atom stereocenters. The number of β-amino-alcohol motifs (C(OH)–C–C–N with tert-alkyl or cyclic N) is 1. The zero-order valence-corrected chi connectivity index (χ0v) is 16.9. The molecule has 0 spiro atoms. The van der Waals surface area contributed by atoms with Gasteiger partial charge in [-0.15, -0.1) is 0 Å². The highest BCUT2D eigenvalue weighted by atomic mass is 16.6. The first kappa shape index (κ1) is 20.4. The Kier molecular flexibility index (Phi) is 6.06. The first-order chi connectivity index (χ1) is 13.3. The zero-order chi connectivity index (χ0) is 20.2. The molecule has 5 heteroatoms. The van der Waals surface area contributed by atoms with Gasteiger partial charge in [-0.2, -0.15) is 0 Å². The van der Waals surface area contributed by atoms with Crippen molar-refractivity contribution in [3.8, 4) is 0 Å². The quantitative estimate of drug-likeness (QED) is 0.799. The van der Waals surface area contributed by atoms with Crippen LogP contribution in [0, 0.1) is 0 Å². The average Bonchev–Trinajstić information content (AvgIpc) is 2.61. The molecule has 1 heterocycles. The summed E-state index contributed by atoms with van der Waals surface area (Å²) in [6.07, 6.45) is 0.0534. The predicted molar refractivity (Wildman–Crippen MR) is 110 cm³/mol. The number of benzene rings is 2. The van der Waals surface area contributed by atoms with E-state index >= 15 is 0 Å². The highest BCUT2D eigenvalue weighted by molar-refractivity contribution is 5.67. The molecule has 5 nitrogen and oxygen atoms in total. The number of ether oxygens (including phenoxy) is 1. The third kappa shape index (κ3) is 5.33. The monoisotopic (exact) mass is 382 g/mol. The molecule has 0 radical (unpaired) electrons. The van der Waals surface area contributed by atoms with Gasteiger partial charge in [0.2, 0.25) is 0 Å². The number of hydrogen-bond acceptors (Lipinski definition) is 4. The lowest BCUT2D eigenvalue weighted by molar-refractivity contribution is -0.114. The van der Waals surface area contributed by atoms with Crippen molar-refractivity contribution in [1.82, 2.24) is 10.2 Å². The molecular formula is C23H30N2O3. The molecule has 0 saturated carbocycles. The van der Waals surface area contributed by atoms with Crippen LogP contribution in [-0.2, 0) is 4.74 Å². The molecule has 150 valence electrons. The SMILES string of the molecule is CC(C)(C)OC(=O)NCCC1(O)CN(C(c2ccccc2)c2ccccc2)C1. The van der Waals surface area contributed by atoms with Crippen LogP contribution in [0.4, 0.5) is 4.79 Å². The minimum atomic E-state index is -0.795. The summed E-state index contributed by atoms with van der Waals surface area (Å²) in [6, 6.07) is 20.8. The van der Waals surface area contributed by atoms with Crippen LogP contribution in [0.3, 0.4) is 0 Å². The van der Waals surface area contributed by atoms with Crippen molar-refractivity contribution in [1.29, 1.82) is 0 Å². The van der Waals surface area contributed by atoms with E-state index in [2.05, 4.69) is 34.5 Å². The van der Waals surface area contributed by atoms with Crippen molar-refractivity contribution in [2.45, 2.75) is 44.4 Å². The Balaban J connectivity index is 1.58. The molecule has 1 amide bonds. The van der Waals surface area contributed by atoms with Gasteiger partial charge in [-0.25, -0.2) is 4.79 Å². The van der Waals surface area contributed by atoms with E-state index in [0.29, 0.717) is 26.1 Å². The van der Waals surface area contributed by atoms with Crippen LogP contribution in [0.1, 0.15) is 44.4 Å². The lowest BCUT2D eigenvalue weighted by Crippen LogP contribution is -2.63. The van der Waals surface area contributed by atoms with E-state index in [4.69, 9.17) is 4.74 Å². The molecule has 0 aliphatic carbocycles. The standard InChI is InChI=1S/C23H30N2O3/c1-22(2,3)28-21(26)24-15-14-23(27)16-25(17-23)20(18-10-6-4-7-11-18)19-12-8-5-9-13-19/h4-13,20,27H,14-17H2,1-3H3,(H,24,26). The number of carbonyl (C=O) groups excluding carboxylic acids is 1. The Morgan fingerprint density at radius 1 is 1.07 bits per heavy atom. The number of aliphatic hydroxyl groups is 1. The van der Waals surface area contributed by atoms with E-state index in [0.717, 1.165) is 0 Å². The van der Waals surface area contributed by atoms with Gasteiger partial charge in [-0.1, -0.05) is 60.7 Å². The lowest BCUT2D eigenvalue weighted by Gasteiger charge is -2.50. The zero-order valence-electron chi connectivity index (χ0n) is 16.9. The van der Waals surface area contributed by atoms with Crippen molar-refractivity contribution < 1.29 is 14.6 Å². The number of carbonyl (C=O) groups is 1. The second kappa shape index (κ2) is 8.33. The molecule has 1 fully saturated rings. The summed E-state index contributed by atoms with van der Waals surface area (Å²) in [5.74, 6) is 0. The van der Waals surface area contributed by atoms with Crippen molar-refractivity contribution in [3.05, 3.63) is 71.8 Å². The molecule has 3 rings (SSSR count). The Morgan fingerprint density at radius 2 is 1.57 bits per heavy atom. The fourth-order valence-corrected chi connectivity index (χ4v) is 3.65. The number of likely N-dealkylation sites (tertiary alicyclic amines) is 1. The Labute approximate surface area is 167 Å². The third-order valence-corrected chi connectivity index (χ3v) is 4.85. The summed E-state index contributed by atoms with van der Waals surface area (Å²) in [4.78, 5) is 14.0. The normalized spacial score (nSPS) is 16.5. The highest BCUT2D eigenvalue weighted by Gasteiger charge is 2.44. The minimum absolute atomic E-state index is 0.112. The Morgan fingerprint density at radius 3 is 2.04 bits per heavy atom. The Bertz CT molecular complexity index is 726. The second-order valence-corrected chi connectivity index (χ2v) is 8.53. The molecule has 1 aliphatic heterocycles. The number of amides is 1. The maximum atomic E-state index is 11.8. The smallest absolute Gasteiger partial charge is 0.407 e. The predicted octanol–water partition coefficient (Wildman–Crippen LogP) is 3.74. The fourth-order valence-electron chi connectivity index (χ4n) is 3.65. The topological polar surface area (TPSA) is 61.8 Å². The van der Waals surface area contributed by atoms with Gasteiger partial charge in [-0.05, 0) is 38.3 Å². The molecule has 1 saturated heterocycles. The third-order valence-electron chi connectivity index (χ3n) is 4.85. The van der Waals surface area contributed by atoms with E-state index in [-0.39, 0.29) is 6.04 Å². The van der Waals surface area contributed by atoms with Crippen molar-refractivity contribution in [3.63, 3.8) is 0 Å². The van der Waals surface area contributed by atoms with Gasteiger partial charge in [0.25, 0.3) is 0 Å². The van der Waals surface area contributed by atoms with Gasteiger partial charge in [-0.3, -0.25) is 4.90 Å². The number of nitrogens with zero attached hydrogens (tertiary/aromatic N) is 1. The van der Waals surface area contributed by atoms with Gasteiger partial charge in [0.15, 0.2) is 0 Å². The summed E-state index contributed by atoms with van der Waals surface area (Å²) in [5.41, 5.74) is 1.11. The van der Waals surface area contributed by atoms with Gasteiger partial charge in [0, 0.05) is 19.6 Å². The fraction of sp³-hybridized carbons (Fsp3) is 0.435. The summed E-state index contributed by atoms with van der Waals surface area (Å²) < 4.78 is 5.24. The van der Waals surface area contributed by atoms with E-state index < -0.39 is 17.3 Å². The number of hydrogen-bond donors (Lipinski definition) is 2. The van der Waals surface area contributed by atoms with Gasteiger partial charge in [0.1, 0.15) is 5.60 Å². The highest BCUT2D eigenvalue weighted by Crippen LogP contribution is 2.37. The largest absolute Gasteiger partial charge is 0.444 e. The van der Waals surface area contributed by atoms with Crippen LogP contribution >= 0.6 is 0 Å². The van der Waals surface area contributed by atoms with Crippen LogP contribution in [0.15, 0.2) is 60.7 Å². The van der Waals surface area contributed by atoms with E-state index in [1.165, 1.54) is 11.1 Å². The van der Waals surface area contributed by atoms with Crippen LogP contribution in [0.2, 0.25) is 0 Å². The van der Waals surface area contributed by atoms with Crippen LogP contribution in [0.25, 0.3) is 0 Å². The second-order valence-electron chi connectivity index (χ2n) is 8.53. The first-order valence-electron chi connectivity index (χ1n) is 9.79. The number of nitrogens with one attached hydrogen (secondary N) is 1. The molecule has 2 N–H and O–H groups in total. The van der Waals surface area contributed by atoms with Crippen molar-refractivity contribution in [2.75, 3.05) is 19.6 Å². The average molecular weight is 383 g/mol. The van der Waals surface area contributed by atoms with E-state index in [9.17, 15) is 9.90 Å². The number of alkyl carbamates (subject to hydrolysis) is 1. The van der Waals surface area contributed by atoms with Gasteiger partial charge in [0.05, 0.1) is 11.6 Å².